The molecule has 7 heteroatoms. The lowest BCUT2D eigenvalue weighted by Crippen LogP contribution is -2.30. The molecular formula is C20H22N2O2S3. The third kappa shape index (κ3) is 5.96. The van der Waals surface area contributed by atoms with Crippen molar-refractivity contribution < 1.29 is 9.59 Å². The van der Waals surface area contributed by atoms with E-state index in [-0.39, 0.29) is 21.0 Å². The molecule has 27 heavy (non-hydrogen) atoms. The summed E-state index contributed by atoms with van der Waals surface area (Å²) in [5.41, 5.74) is 3.65. The highest BCUT2D eigenvalue weighted by atomic mass is 33.1. The molecule has 3 rings (SSSR count). The van der Waals surface area contributed by atoms with E-state index in [4.69, 9.17) is 0 Å². The number of carbonyl (C=O) groups excluding carboxylic acids is 2. The Morgan fingerprint density at radius 2 is 1.11 bits per heavy atom. The number of aryl methyl sites for hydroxylation is 2. The molecule has 0 aromatic heterocycles. The predicted molar refractivity (Wildman–Crippen MR) is 117 cm³/mol. The first kappa shape index (κ1) is 20.2. The zero-order valence-corrected chi connectivity index (χ0v) is 17.7. The third-order valence-corrected chi connectivity index (χ3v) is 9.58. The number of hydrogen-bond donors (Lipinski definition) is 2. The quantitative estimate of drug-likeness (QED) is 0.687. The lowest BCUT2D eigenvalue weighted by atomic mass is 10.1. The molecule has 0 radical (unpaired) electrons. The van der Waals surface area contributed by atoms with Crippen LogP contribution in [0.25, 0.3) is 0 Å². The Labute approximate surface area is 172 Å². The molecule has 2 aromatic rings. The molecule has 2 aromatic carbocycles. The highest BCUT2D eigenvalue weighted by Crippen LogP contribution is 2.50. The highest BCUT2D eigenvalue weighted by Gasteiger charge is 2.27. The topological polar surface area (TPSA) is 58.2 Å². The average Bonchev–Trinajstić information content (AvgIpc) is 3.13. The number of thioether (sulfide) groups is 1. The largest absolute Gasteiger partial charge is 0.350 e. The number of hydrogen-bond acceptors (Lipinski definition) is 5. The average molecular weight is 419 g/mol. The van der Waals surface area contributed by atoms with Gasteiger partial charge < -0.3 is 10.6 Å². The Hall–Kier alpha value is -1.57. The van der Waals surface area contributed by atoms with E-state index in [0.29, 0.717) is 24.2 Å². The fraction of sp³-hybridized carbons (Fsp3) is 0.300. The zero-order chi connectivity index (χ0) is 19.2. The van der Waals surface area contributed by atoms with Gasteiger partial charge in [0.1, 0.15) is 0 Å². The summed E-state index contributed by atoms with van der Waals surface area (Å²) in [5.74, 6) is -0.0883. The van der Waals surface area contributed by atoms with Crippen molar-refractivity contribution >= 4 is 45.2 Å². The summed E-state index contributed by atoms with van der Waals surface area (Å²) >= 11 is 1.79. The van der Waals surface area contributed by atoms with Crippen molar-refractivity contribution in [2.24, 2.45) is 0 Å². The van der Waals surface area contributed by atoms with E-state index in [1.54, 1.807) is 33.3 Å². The standard InChI is InChI=1S/C20H22N2O2S3/c1-13-3-7-15(8-4-13)19(23)21-11-17-25-18(27-26-17)12-22-20(24)16-9-5-14(2)6-10-16/h3-10,17-18H,11-12H2,1-2H3,(H,21,23)(H,22,24)/t17-,18-/m1/s1. The van der Waals surface area contributed by atoms with Crippen molar-refractivity contribution in [2.45, 2.75) is 23.0 Å². The van der Waals surface area contributed by atoms with Gasteiger partial charge in [0.25, 0.3) is 11.8 Å². The van der Waals surface area contributed by atoms with E-state index in [1.165, 1.54) is 0 Å². The Bertz CT molecular complexity index is 726. The molecular weight excluding hydrogens is 396 g/mol. The molecule has 2 amide bonds. The lowest BCUT2D eigenvalue weighted by Gasteiger charge is -2.12. The normalized spacial score (nSPS) is 18.9. The summed E-state index contributed by atoms with van der Waals surface area (Å²) in [7, 11) is 3.51. The van der Waals surface area contributed by atoms with Crippen LogP contribution >= 0.6 is 33.3 Å². The van der Waals surface area contributed by atoms with E-state index in [2.05, 4.69) is 10.6 Å². The smallest absolute Gasteiger partial charge is 0.251 e. The minimum atomic E-state index is -0.0441. The molecule has 4 nitrogen and oxygen atoms in total. The van der Waals surface area contributed by atoms with Crippen LogP contribution in [0.3, 0.4) is 0 Å². The predicted octanol–water partition coefficient (Wildman–Crippen LogP) is 4.24. The SMILES string of the molecule is Cc1ccc(C(=O)NC[C@H]2SS[C@H](CNC(=O)c3ccc(C)cc3)S2)cc1. The van der Waals surface area contributed by atoms with Gasteiger partial charge in [0.2, 0.25) is 0 Å². The summed E-state index contributed by atoms with van der Waals surface area (Å²) in [5, 5.41) is 5.99. The van der Waals surface area contributed by atoms with Crippen molar-refractivity contribution in [3.8, 4) is 0 Å². The van der Waals surface area contributed by atoms with E-state index in [1.807, 2.05) is 62.4 Å². The number of benzene rings is 2. The van der Waals surface area contributed by atoms with Crippen LogP contribution in [0.2, 0.25) is 0 Å². The molecule has 0 unspecified atom stereocenters. The second-order valence-corrected chi connectivity index (χ2v) is 11.0. The van der Waals surface area contributed by atoms with Gasteiger partial charge in [0.15, 0.2) is 0 Å². The fourth-order valence-corrected chi connectivity index (χ4v) is 7.88. The van der Waals surface area contributed by atoms with Crippen LogP contribution in [0.4, 0.5) is 0 Å². The minimum Gasteiger partial charge on any atom is -0.350 e. The van der Waals surface area contributed by atoms with Crippen molar-refractivity contribution in [3.05, 3.63) is 70.8 Å². The van der Waals surface area contributed by atoms with Crippen molar-refractivity contribution in [1.29, 1.82) is 0 Å². The van der Waals surface area contributed by atoms with Gasteiger partial charge in [-0.25, -0.2) is 0 Å². The second-order valence-electron chi connectivity index (χ2n) is 6.34. The van der Waals surface area contributed by atoms with Gasteiger partial charge in [-0.05, 0) is 38.1 Å². The van der Waals surface area contributed by atoms with Crippen LogP contribution in [-0.2, 0) is 0 Å². The maximum atomic E-state index is 12.2. The summed E-state index contributed by atoms with van der Waals surface area (Å²) < 4.78 is 0.566. The van der Waals surface area contributed by atoms with Crippen LogP contribution in [0, 0.1) is 13.8 Å². The van der Waals surface area contributed by atoms with Crippen LogP contribution in [0.15, 0.2) is 48.5 Å². The third-order valence-electron chi connectivity index (χ3n) is 4.06. The van der Waals surface area contributed by atoms with Gasteiger partial charge in [-0.2, -0.15) is 0 Å². The van der Waals surface area contributed by atoms with Gasteiger partial charge in [0, 0.05) is 24.2 Å². The molecule has 1 fully saturated rings. The van der Waals surface area contributed by atoms with Crippen LogP contribution < -0.4 is 10.6 Å². The molecule has 0 aliphatic carbocycles. The monoisotopic (exact) mass is 418 g/mol. The van der Waals surface area contributed by atoms with Crippen LogP contribution in [-0.4, -0.2) is 34.1 Å². The minimum absolute atomic E-state index is 0.0441. The second kappa shape index (κ2) is 9.57. The summed E-state index contributed by atoms with van der Waals surface area (Å²) in [6, 6.07) is 15.1. The molecule has 1 heterocycles. The van der Waals surface area contributed by atoms with Gasteiger partial charge in [-0.1, -0.05) is 57.0 Å². The molecule has 1 aliphatic heterocycles. The summed E-state index contributed by atoms with van der Waals surface area (Å²) in [6.07, 6.45) is 0. The molecule has 2 atom stereocenters. The van der Waals surface area contributed by atoms with Gasteiger partial charge in [-0.15, -0.1) is 11.8 Å². The number of rotatable bonds is 6. The first-order valence-electron chi connectivity index (χ1n) is 8.68. The lowest BCUT2D eigenvalue weighted by molar-refractivity contribution is 0.0948. The molecule has 0 saturated carbocycles. The first-order valence-corrected chi connectivity index (χ1v) is 11.9. The van der Waals surface area contributed by atoms with Crippen molar-refractivity contribution in [2.75, 3.05) is 13.1 Å². The maximum Gasteiger partial charge on any atom is 0.251 e. The van der Waals surface area contributed by atoms with Crippen molar-refractivity contribution in [3.63, 3.8) is 0 Å². The van der Waals surface area contributed by atoms with Gasteiger partial charge in [0.05, 0.1) is 9.16 Å². The summed E-state index contributed by atoms with van der Waals surface area (Å²) in [6.45, 7) is 5.22. The molecule has 1 aliphatic rings. The number of carbonyl (C=O) groups is 2. The van der Waals surface area contributed by atoms with Crippen LogP contribution in [0.1, 0.15) is 31.8 Å². The van der Waals surface area contributed by atoms with E-state index in [0.717, 1.165) is 11.1 Å². The van der Waals surface area contributed by atoms with Crippen LogP contribution in [0.5, 0.6) is 0 Å². The Kier molecular flexibility index (Phi) is 7.15. The van der Waals surface area contributed by atoms with Gasteiger partial charge in [-0.3, -0.25) is 9.59 Å². The zero-order valence-electron chi connectivity index (χ0n) is 15.2. The van der Waals surface area contributed by atoms with E-state index < -0.39 is 0 Å². The molecule has 1 saturated heterocycles. The molecule has 142 valence electrons. The number of amides is 2. The van der Waals surface area contributed by atoms with E-state index in [9.17, 15) is 9.59 Å². The molecule has 0 spiro atoms. The summed E-state index contributed by atoms with van der Waals surface area (Å²) in [4.78, 5) is 24.4. The fourth-order valence-electron chi connectivity index (χ4n) is 2.47. The Morgan fingerprint density at radius 1 is 0.741 bits per heavy atom. The van der Waals surface area contributed by atoms with Gasteiger partial charge >= 0.3 is 0 Å². The Balaban J connectivity index is 1.39. The first-order chi connectivity index (χ1) is 13.0. The highest BCUT2D eigenvalue weighted by molar-refractivity contribution is 8.82. The molecule has 2 N–H and O–H groups in total. The Morgan fingerprint density at radius 3 is 1.48 bits per heavy atom. The molecule has 0 bridgehead atoms. The van der Waals surface area contributed by atoms with E-state index >= 15 is 0 Å². The van der Waals surface area contributed by atoms with Crippen molar-refractivity contribution in [1.82, 2.24) is 10.6 Å². The maximum absolute atomic E-state index is 12.2. The number of nitrogens with one attached hydrogen (secondary N) is 2.